The predicted molar refractivity (Wildman–Crippen MR) is 567 cm³/mol. The maximum absolute atomic E-state index is 14.2. The Morgan fingerprint density at radius 2 is 0.363 bits per heavy atom. The van der Waals surface area contributed by atoms with Crippen LogP contribution in [0.25, 0.3) is 0 Å². The monoisotopic (exact) mass is 2030 g/mol. The molecule has 0 atom stereocenters. The minimum atomic E-state index is -0.320. The molecule has 8 fully saturated rings. The quantitative estimate of drug-likeness (QED) is 0.0265. The van der Waals surface area contributed by atoms with Crippen molar-refractivity contribution in [2.45, 2.75) is 299 Å². The van der Waals surface area contributed by atoms with Gasteiger partial charge in [-0.1, -0.05) is 126 Å². The van der Waals surface area contributed by atoms with Crippen molar-refractivity contribution in [3.8, 4) is 92.0 Å². The molecule has 8 saturated carbocycles. The number of ether oxygens (including phenoxy) is 16. The minimum Gasteiger partial charge on any atom is -0.496 e. The third-order valence-electron chi connectivity index (χ3n) is 27.6. The second-order valence-electron chi connectivity index (χ2n) is 38.5. The van der Waals surface area contributed by atoms with Gasteiger partial charge in [-0.2, -0.15) is 0 Å². The van der Waals surface area contributed by atoms with Crippen molar-refractivity contribution in [3.05, 3.63) is 263 Å². The van der Waals surface area contributed by atoms with Gasteiger partial charge in [-0.15, -0.1) is 0 Å². The Morgan fingerprint density at radius 3 is 0.541 bits per heavy atom. The summed E-state index contributed by atoms with van der Waals surface area (Å²) in [5, 5.41) is 0. The van der Waals surface area contributed by atoms with Gasteiger partial charge in [0.05, 0.1) is 65.1 Å². The Hall–Kier alpha value is -11.6. The number of hydrogen-bond donors (Lipinski definition) is 0. The van der Waals surface area contributed by atoms with Crippen LogP contribution in [0, 0.1) is 126 Å². The summed E-state index contributed by atoms with van der Waals surface area (Å²) >= 11 is 0. The van der Waals surface area contributed by atoms with Crippen LogP contribution in [0.1, 0.15) is 264 Å². The summed E-state index contributed by atoms with van der Waals surface area (Å²) in [4.78, 5) is 0. The van der Waals surface area contributed by atoms with Crippen LogP contribution < -0.4 is 75.8 Å². The zero-order valence-electron chi connectivity index (χ0n) is 88.6. The van der Waals surface area contributed by atoms with Gasteiger partial charge in [0.2, 0.25) is 0 Å². The first-order chi connectivity index (χ1) is 70.8. The molecule has 0 aromatic heterocycles. The zero-order chi connectivity index (χ0) is 105. The van der Waals surface area contributed by atoms with Crippen LogP contribution in [-0.2, 0) is 0 Å². The van der Waals surface area contributed by atoms with Gasteiger partial charge in [0, 0.05) is 44.5 Å². The van der Waals surface area contributed by atoms with E-state index in [1.54, 1.807) is 191 Å². The first-order valence-corrected chi connectivity index (χ1v) is 52.8. The number of rotatable bonds is 40. The average molecular weight is 2030 g/mol. The summed E-state index contributed by atoms with van der Waals surface area (Å²) in [6.45, 7) is 36.7. The van der Waals surface area contributed by atoms with Gasteiger partial charge in [-0.05, 0) is 344 Å². The van der Waals surface area contributed by atoms with Crippen LogP contribution in [0.2, 0.25) is 0 Å². The highest BCUT2D eigenvalue weighted by Crippen LogP contribution is 2.41. The number of allylic oxidation sites excluding steroid dienone is 2. The first-order valence-electron chi connectivity index (χ1n) is 52.8. The highest BCUT2D eigenvalue weighted by molar-refractivity contribution is 5.48. The lowest BCUT2D eigenvalue weighted by Crippen LogP contribution is -2.12. The first kappa shape index (κ1) is 118. The van der Waals surface area contributed by atoms with Crippen molar-refractivity contribution in [3.63, 3.8) is 0 Å². The van der Waals surface area contributed by atoms with Crippen LogP contribution in [0.5, 0.6) is 92.0 Å². The molecule has 16 nitrogen and oxygen atoms in total. The van der Waals surface area contributed by atoms with E-state index < -0.39 is 0 Å². The summed E-state index contributed by atoms with van der Waals surface area (Å²) in [5.74, 6) is 7.06. The van der Waals surface area contributed by atoms with E-state index in [0.717, 1.165) is 51.4 Å². The van der Waals surface area contributed by atoms with Gasteiger partial charge in [0.15, 0.2) is 92.5 Å². The fourth-order valence-electron chi connectivity index (χ4n) is 18.7. The van der Waals surface area contributed by atoms with Gasteiger partial charge in [-0.3, -0.25) is 0 Å². The van der Waals surface area contributed by atoms with Crippen molar-refractivity contribution < 1.29 is 111 Å². The van der Waals surface area contributed by atoms with Gasteiger partial charge in [-0.25, -0.2) is 35.1 Å². The summed E-state index contributed by atoms with van der Waals surface area (Å²) in [6, 6.07) is 27.3. The van der Waals surface area contributed by atoms with Gasteiger partial charge >= 0.3 is 0 Å². The van der Waals surface area contributed by atoms with Crippen LogP contribution in [0.3, 0.4) is 0 Å². The van der Waals surface area contributed by atoms with E-state index in [9.17, 15) is 35.1 Å². The molecule has 16 rings (SSSR count). The van der Waals surface area contributed by atoms with Crippen molar-refractivity contribution in [1.82, 2.24) is 0 Å². The van der Waals surface area contributed by atoms with E-state index in [1.165, 1.54) is 154 Å². The van der Waals surface area contributed by atoms with Gasteiger partial charge in [0.1, 0.15) is 85.6 Å². The second kappa shape index (κ2) is 64.5. The van der Waals surface area contributed by atoms with Gasteiger partial charge < -0.3 is 75.8 Å². The van der Waals surface area contributed by atoms with E-state index >= 15 is 0 Å². The number of hydrogen-bond acceptors (Lipinski definition) is 16. The molecule has 8 aromatic carbocycles. The zero-order valence-corrected chi connectivity index (χ0v) is 88.6. The lowest BCUT2D eigenvalue weighted by Gasteiger charge is -2.16. The molecule has 146 heavy (non-hydrogen) atoms. The molecule has 0 radical (unpaired) electrons. The van der Waals surface area contributed by atoms with Crippen molar-refractivity contribution >= 4 is 0 Å². The summed E-state index contributed by atoms with van der Waals surface area (Å²) in [5.41, 5.74) is 4.02. The van der Waals surface area contributed by atoms with Crippen LogP contribution in [-0.4, -0.2) is 105 Å². The fourth-order valence-corrected chi connectivity index (χ4v) is 18.7. The molecule has 0 unspecified atom stereocenters. The van der Waals surface area contributed by atoms with Crippen LogP contribution in [0.15, 0.2) is 172 Å². The molecular formula is C122H160F8O16. The molecule has 0 bridgehead atoms. The predicted octanol–water partition coefficient (Wildman–Crippen LogP) is 32.8. The maximum atomic E-state index is 14.2. The second-order valence-corrected chi connectivity index (χ2v) is 38.5. The third-order valence-corrected chi connectivity index (χ3v) is 27.6. The van der Waals surface area contributed by atoms with E-state index in [-0.39, 0.29) is 71.0 Å². The molecular weight excluding hydrogens is 1870 g/mol. The lowest BCUT2D eigenvalue weighted by atomic mass is 10.1. The molecule has 800 valence electrons. The SMILES string of the molecule is C/C=C/COc1ccc(OC2CCCC2)c(F)c1C.C/C=C/COc1ccc(OC2CCCC2)c(F)c1C.C=CCOc1ccc(OC2CCCC2)c(F)c1C.C=CCOc1ccc(OC2CCCC2)c(F)c1C.C=CCOc1ccc(OCC2CCCC2)c(F)c1C.C=CCOc1ccc(OCC2CCCC2)c(F)c1C.COc1ccc(OCC2CCCC2)c(F)c1C.COc1ccc(OCC2CCCC2)c(F)c1C. The van der Waals surface area contributed by atoms with Crippen LogP contribution >= 0.6 is 0 Å². The Bertz CT molecular complexity index is 5010. The Kier molecular flexibility index (Phi) is 52.2. The summed E-state index contributed by atoms with van der Waals surface area (Å²) in [7, 11) is 3.08. The molecule has 0 amide bonds. The van der Waals surface area contributed by atoms with Gasteiger partial charge in [0.25, 0.3) is 0 Å². The largest absolute Gasteiger partial charge is 0.496 e. The lowest BCUT2D eigenvalue weighted by molar-refractivity contribution is 0.199. The topological polar surface area (TPSA) is 148 Å². The molecule has 0 N–H and O–H groups in total. The highest BCUT2D eigenvalue weighted by atomic mass is 19.2. The van der Waals surface area contributed by atoms with E-state index in [4.69, 9.17) is 75.8 Å². The molecule has 8 aliphatic carbocycles. The number of methoxy groups -OCH3 is 2. The molecule has 24 heteroatoms. The summed E-state index contributed by atoms with van der Waals surface area (Å²) in [6.07, 6.45) is 52.2. The number of benzene rings is 8. The van der Waals surface area contributed by atoms with E-state index in [2.05, 4.69) is 26.3 Å². The van der Waals surface area contributed by atoms with Crippen molar-refractivity contribution in [2.75, 3.05) is 80.3 Å². The highest BCUT2D eigenvalue weighted by Gasteiger charge is 2.29. The van der Waals surface area contributed by atoms with Crippen molar-refractivity contribution in [1.29, 1.82) is 0 Å². The van der Waals surface area contributed by atoms with Crippen molar-refractivity contribution in [2.24, 2.45) is 23.7 Å². The smallest absolute Gasteiger partial charge is 0.171 e. The maximum Gasteiger partial charge on any atom is 0.171 e. The molecule has 0 aliphatic heterocycles. The van der Waals surface area contributed by atoms with E-state index in [0.29, 0.717) is 226 Å². The molecule has 0 heterocycles. The molecule has 0 spiro atoms. The molecule has 0 saturated heterocycles. The third kappa shape index (κ3) is 37.7. The van der Waals surface area contributed by atoms with E-state index in [1.807, 2.05) is 38.2 Å². The average Bonchev–Trinajstić information content (AvgIpc) is 1.32. The normalized spacial score (nSPS) is 15.9. The Labute approximate surface area is 864 Å². The number of halogens is 8. The van der Waals surface area contributed by atoms with Crippen LogP contribution in [0.4, 0.5) is 35.1 Å². The Balaban J connectivity index is 0.000000186. The fraction of sp³-hybridized carbons (Fsp3) is 0.508. The molecule has 8 aliphatic rings. The minimum absolute atomic E-state index is 0.166. The Morgan fingerprint density at radius 1 is 0.212 bits per heavy atom. The summed E-state index contributed by atoms with van der Waals surface area (Å²) < 4.78 is 201. The molecule has 8 aromatic rings. The standard InChI is InChI=1S/4C16H21FO2.2C15H19FO2.2C14H19FO2/c2*1-3-10-18-14-8-9-15(16(17)12(14)2)19-11-13-6-4-5-7-13;2*1-3-4-11-18-14-9-10-15(16(17)12(14)2)19-13-7-5-6-8-13;2*1-3-10-17-13-8-9-14(15(16)11(13)2)18-12-6-4-5-7-12;2*1-10-12(16-2)7-8-13(14(10)15)17-9-11-5-3-4-6-11/h2*3,8-9,13H,1,4-7,10-11H2,2H3;2*3-4,9-10,13H,5-8,11H2,1-2H3;2*3,8-9,12H,1,4-7,10H2,2H3;2*7-8,11H,3-6,9H2,1-2H3/b;;2*4-3+;;;;.